The summed E-state index contributed by atoms with van der Waals surface area (Å²) in [6.07, 6.45) is 0. The maximum Gasteiger partial charge on any atom is 0.116 e. The molecule has 0 saturated carbocycles. The van der Waals surface area contributed by atoms with Gasteiger partial charge in [-0.2, -0.15) is 0 Å². The van der Waals surface area contributed by atoms with Crippen LogP contribution in [0.4, 0.5) is 0 Å². The van der Waals surface area contributed by atoms with E-state index in [4.69, 9.17) is 0 Å². The number of phenolic OH excluding ortho intramolecular Hbond substituents is 1. The number of aromatic hydroxyl groups is 1. The second kappa shape index (κ2) is 4.70. The van der Waals surface area contributed by atoms with Gasteiger partial charge in [-0.05, 0) is 30.3 Å². The van der Waals surface area contributed by atoms with Crippen molar-refractivity contribution in [2.45, 2.75) is 9.92 Å². The van der Waals surface area contributed by atoms with Crippen LogP contribution in [0, 0.1) is 0 Å². The first-order chi connectivity index (χ1) is 8.81. The van der Waals surface area contributed by atoms with Crippen molar-refractivity contribution < 1.29 is 5.11 Å². The van der Waals surface area contributed by atoms with Crippen molar-refractivity contribution in [3.63, 3.8) is 0 Å². The lowest BCUT2D eigenvalue weighted by atomic mass is 10.2. The molecule has 0 aliphatic carbocycles. The average Bonchev–Trinajstić information content (AvgIpc) is 2.39. The molecule has 2 nitrogen and oxygen atoms in total. The minimum absolute atomic E-state index is 0.279. The third kappa shape index (κ3) is 2.31. The molecule has 0 spiro atoms. The Morgan fingerprint density at radius 3 is 2.67 bits per heavy atom. The molecule has 18 heavy (non-hydrogen) atoms. The van der Waals surface area contributed by atoms with Crippen LogP contribution in [0.3, 0.4) is 0 Å². The fourth-order valence-corrected chi connectivity index (χ4v) is 2.62. The van der Waals surface area contributed by atoms with E-state index < -0.39 is 0 Å². The van der Waals surface area contributed by atoms with Crippen LogP contribution in [-0.2, 0) is 0 Å². The van der Waals surface area contributed by atoms with Gasteiger partial charge < -0.3 is 5.11 Å². The predicted molar refractivity (Wildman–Crippen MR) is 74.0 cm³/mol. The summed E-state index contributed by atoms with van der Waals surface area (Å²) in [6.45, 7) is 0. The van der Waals surface area contributed by atoms with E-state index in [1.54, 1.807) is 23.9 Å². The van der Waals surface area contributed by atoms with Crippen molar-refractivity contribution in [3.05, 3.63) is 60.7 Å². The zero-order chi connectivity index (χ0) is 12.4. The highest BCUT2D eigenvalue weighted by molar-refractivity contribution is 7.99. The maximum atomic E-state index is 9.43. The van der Waals surface area contributed by atoms with Gasteiger partial charge in [0.25, 0.3) is 0 Å². The van der Waals surface area contributed by atoms with Crippen LogP contribution < -0.4 is 0 Å². The Kier molecular flexibility index (Phi) is 2.90. The Morgan fingerprint density at radius 1 is 0.889 bits per heavy atom. The first-order valence-electron chi connectivity index (χ1n) is 5.64. The summed E-state index contributed by atoms with van der Waals surface area (Å²) in [7, 11) is 0. The molecule has 3 heteroatoms. The second-order valence-corrected chi connectivity index (χ2v) is 5.04. The molecule has 0 aliphatic rings. The van der Waals surface area contributed by atoms with E-state index >= 15 is 0 Å². The number of fused-ring (bicyclic) bond motifs is 1. The lowest BCUT2D eigenvalue weighted by molar-refractivity contribution is 0.474. The first kappa shape index (κ1) is 11.1. The van der Waals surface area contributed by atoms with Gasteiger partial charge in [-0.15, -0.1) is 0 Å². The Hall–Kier alpha value is -2.00. The van der Waals surface area contributed by atoms with E-state index in [2.05, 4.69) is 11.1 Å². The number of phenols is 1. The Bertz CT molecular complexity index is 697. The lowest BCUT2D eigenvalue weighted by Crippen LogP contribution is -1.82. The highest BCUT2D eigenvalue weighted by Crippen LogP contribution is 2.29. The number of rotatable bonds is 2. The molecule has 1 heterocycles. The normalized spacial score (nSPS) is 10.7. The molecule has 0 unspecified atom stereocenters. The van der Waals surface area contributed by atoms with Gasteiger partial charge in [-0.25, -0.2) is 4.98 Å². The molecule has 88 valence electrons. The predicted octanol–water partition coefficient (Wildman–Crippen LogP) is 4.09. The summed E-state index contributed by atoms with van der Waals surface area (Å²) in [5.41, 5.74) is 0.989. The van der Waals surface area contributed by atoms with Gasteiger partial charge in [0, 0.05) is 10.3 Å². The molecule has 0 atom stereocenters. The van der Waals surface area contributed by atoms with Crippen LogP contribution in [-0.4, -0.2) is 10.1 Å². The average molecular weight is 253 g/mol. The van der Waals surface area contributed by atoms with Gasteiger partial charge in [-0.1, -0.05) is 42.1 Å². The second-order valence-electron chi connectivity index (χ2n) is 3.94. The number of hydrogen-bond acceptors (Lipinski definition) is 3. The Balaban J connectivity index is 1.95. The van der Waals surface area contributed by atoms with Crippen LogP contribution in [0.15, 0.2) is 70.6 Å². The largest absolute Gasteiger partial charge is 0.508 e. The topological polar surface area (TPSA) is 33.1 Å². The number of aromatic nitrogens is 1. The van der Waals surface area contributed by atoms with Crippen LogP contribution in [0.5, 0.6) is 5.75 Å². The fourth-order valence-electron chi connectivity index (χ4n) is 1.77. The lowest BCUT2D eigenvalue weighted by Gasteiger charge is -2.03. The van der Waals surface area contributed by atoms with Gasteiger partial charge in [-0.3, -0.25) is 0 Å². The molecule has 3 aromatic rings. The van der Waals surface area contributed by atoms with Crippen LogP contribution in [0.1, 0.15) is 0 Å². The molecule has 0 amide bonds. The summed E-state index contributed by atoms with van der Waals surface area (Å²) in [6, 6.07) is 19.3. The van der Waals surface area contributed by atoms with E-state index in [1.807, 2.05) is 42.5 Å². The highest BCUT2D eigenvalue weighted by atomic mass is 32.2. The fraction of sp³-hybridized carbons (Fsp3) is 0. The van der Waals surface area contributed by atoms with Gasteiger partial charge in [0.2, 0.25) is 0 Å². The zero-order valence-electron chi connectivity index (χ0n) is 9.58. The molecule has 2 aromatic carbocycles. The third-order valence-electron chi connectivity index (χ3n) is 2.61. The molecule has 0 saturated heterocycles. The molecular formula is C15H11NOS. The maximum absolute atomic E-state index is 9.43. The van der Waals surface area contributed by atoms with Crippen molar-refractivity contribution in [1.82, 2.24) is 4.98 Å². The molecule has 0 radical (unpaired) electrons. The van der Waals surface area contributed by atoms with Gasteiger partial charge in [0.15, 0.2) is 0 Å². The van der Waals surface area contributed by atoms with Crippen molar-refractivity contribution in [1.29, 1.82) is 0 Å². The van der Waals surface area contributed by atoms with E-state index in [-0.39, 0.29) is 5.75 Å². The van der Waals surface area contributed by atoms with Crippen molar-refractivity contribution in [2.24, 2.45) is 0 Å². The van der Waals surface area contributed by atoms with Gasteiger partial charge in [0.05, 0.1) is 5.52 Å². The third-order valence-corrected chi connectivity index (χ3v) is 3.54. The molecule has 0 aliphatic heterocycles. The molecule has 1 aromatic heterocycles. The smallest absolute Gasteiger partial charge is 0.116 e. The van der Waals surface area contributed by atoms with Gasteiger partial charge in [0.1, 0.15) is 10.8 Å². The summed E-state index contributed by atoms with van der Waals surface area (Å²) in [5.74, 6) is 0.279. The standard InChI is InChI=1S/C15H11NOS/c17-12-5-3-6-13(10-12)18-15-9-8-11-4-1-2-7-14(11)16-15/h1-10,17H. The van der Waals surface area contributed by atoms with E-state index in [1.165, 1.54) is 0 Å². The Morgan fingerprint density at radius 2 is 1.78 bits per heavy atom. The van der Waals surface area contributed by atoms with E-state index in [0.717, 1.165) is 20.8 Å². The number of nitrogens with zero attached hydrogens (tertiary/aromatic N) is 1. The summed E-state index contributed by atoms with van der Waals surface area (Å²) < 4.78 is 0. The van der Waals surface area contributed by atoms with Crippen molar-refractivity contribution in [2.75, 3.05) is 0 Å². The molecule has 0 bridgehead atoms. The summed E-state index contributed by atoms with van der Waals surface area (Å²) in [4.78, 5) is 5.57. The van der Waals surface area contributed by atoms with Crippen LogP contribution >= 0.6 is 11.8 Å². The monoisotopic (exact) mass is 253 g/mol. The SMILES string of the molecule is Oc1cccc(Sc2ccc3ccccc3n2)c1. The van der Waals surface area contributed by atoms with Crippen molar-refractivity contribution in [3.8, 4) is 5.75 Å². The molecule has 3 rings (SSSR count). The number of para-hydroxylation sites is 1. The molecule has 1 N–H and O–H groups in total. The minimum Gasteiger partial charge on any atom is -0.508 e. The number of benzene rings is 2. The summed E-state index contributed by atoms with van der Waals surface area (Å²) in [5, 5.41) is 11.5. The Labute approximate surface area is 109 Å². The first-order valence-corrected chi connectivity index (χ1v) is 6.45. The van der Waals surface area contributed by atoms with E-state index in [0.29, 0.717) is 0 Å². The van der Waals surface area contributed by atoms with Gasteiger partial charge >= 0.3 is 0 Å². The highest BCUT2D eigenvalue weighted by Gasteiger charge is 2.01. The zero-order valence-corrected chi connectivity index (χ0v) is 10.4. The number of hydrogen-bond donors (Lipinski definition) is 1. The molecule has 0 fully saturated rings. The quantitative estimate of drug-likeness (QED) is 0.746. The van der Waals surface area contributed by atoms with E-state index in [9.17, 15) is 5.11 Å². The minimum atomic E-state index is 0.279. The van der Waals surface area contributed by atoms with Crippen molar-refractivity contribution >= 4 is 22.7 Å². The van der Waals surface area contributed by atoms with Crippen LogP contribution in [0.2, 0.25) is 0 Å². The number of pyridine rings is 1. The summed E-state index contributed by atoms with van der Waals surface area (Å²) >= 11 is 1.55. The molecular weight excluding hydrogens is 242 g/mol. The van der Waals surface area contributed by atoms with Crippen LogP contribution in [0.25, 0.3) is 10.9 Å².